The first-order valence-corrected chi connectivity index (χ1v) is 6.56. The highest BCUT2D eigenvalue weighted by Crippen LogP contribution is 2.29. The zero-order valence-corrected chi connectivity index (χ0v) is 10.5. The van der Waals surface area contributed by atoms with Crippen LogP contribution in [-0.2, 0) is 0 Å². The molecular weight excluding hydrogens is 186 g/mol. The molecule has 2 nitrogen and oxygen atoms in total. The molecule has 1 aliphatic carbocycles. The summed E-state index contributed by atoms with van der Waals surface area (Å²) in [5, 5.41) is 12.7. The second-order valence-corrected chi connectivity index (χ2v) is 5.16. The fourth-order valence-corrected chi connectivity index (χ4v) is 2.68. The third-order valence-corrected chi connectivity index (χ3v) is 4.13. The zero-order valence-electron chi connectivity index (χ0n) is 10.5. The molecule has 0 radical (unpaired) electrons. The van der Waals surface area contributed by atoms with E-state index in [9.17, 15) is 0 Å². The fourth-order valence-electron chi connectivity index (χ4n) is 2.68. The molecule has 1 aliphatic rings. The minimum absolute atomic E-state index is 0.308. The van der Waals surface area contributed by atoms with Crippen molar-refractivity contribution < 1.29 is 5.11 Å². The van der Waals surface area contributed by atoms with Crippen molar-refractivity contribution in [2.24, 2.45) is 11.8 Å². The Bertz CT molecular complexity index is 172. The molecular formula is C13H27NO. The predicted octanol–water partition coefficient (Wildman–Crippen LogP) is 2.56. The van der Waals surface area contributed by atoms with Crippen LogP contribution in [0.5, 0.6) is 0 Å². The van der Waals surface area contributed by atoms with Crippen molar-refractivity contribution in [2.75, 3.05) is 6.61 Å². The molecule has 1 rings (SSSR count). The second-order valence-electron chi connectivity index (χ2n) is 5.16. The molecule has 0 aromatic rings. The molecule has 0 aromatic heterocycles. The van der Waals surface area contributed by atoms with Crippen LogP contribution >= 0.6 is 0 Å². The largest absolute Gasteiger partial charge is 0.396 e. The van der Waals surface area contributed by atoms with Crippen molar-refractivity contribution in [3.63, 3.8) is 0 Å². The van der Waals surface area contributed by atoms with E-state index < -0.39 is 0 Å². The lowest BCUT2D eigenvalue weighted by atomic mass is 9.77. The molecule has 0 bridgehead atoms. The predicted molar refractivity (Wildman–Crippen MR) is 64.9 cm³/mol. The Kier molecular flexibility index (Phi) is 5.62. The van der Waals surface area contributed by atoms with Crippen molar-refractivity contribution in [1.29, 1.82) is 0 Å². The molecule has 2 heteroatoms. The van der Waals surface area contributed by atoms with E-state index >= 15 is 0 Å². The molecule has 90 valence electrons. The van der Waals surface area contributed by atoms with Gasteiger partial charge in [0.2, 0.25) is 0 Å². The lowest BCUT2D eigenvalue weighted by Gasteiger charge is -2.37. The van der Waals surface area contributed by atoms with Gasteiger partial charge in [0.05, 0.1) is 0 Å². The summed E-state index contributed by atoms with van der Waals surface area (Å²) in [6.45, 7) is 7.24. The number of aliphatic hydroxyl groups is 1. The van der Waals surface area contributed by atoms with Gasteiger partial charge in [-0.2, -0.15) is 0 Å². The maximum atomic E-state index is 8.98. The van der Waals surface area contributed by atoms with Crippen molar-refractivity contribution in [3.05, 3.63) is 0 Å². The molecule has 2 N–H and O–H groups in total. The average Bonchev–Trinajstić information content (AvgIpc) is 2.24. The van der Waals surface area contributed by atoms with Gasteiger partial charge in [0.1, 0.15) is 0 Å². The van der Waals surface area contributed by atoms with E-state index in [2.05, 4.69) is 26.1 Å². The Labute approximate surface area is 94.5 Å². The van der Waals surface area contributed by atoms with Gasteiger partial charge in [0.15, 0.2) is 0 Å². The highest BCUT2D eigenvalue weighted by Gasteiger charge is 2.27. The molecule has 1 saturated carbocycles. The van der Waals surface area contributed by atoms with Crippen molar-refractivity contribution in [2.45, 2.75) is 65.0 Å². The van der Waals surface area contributed by atoms with E-state index in [-0.39, 0.29) is 0 Å². The van der Waals surface area contributed by atoms with Gasteiger partial charge in [0, 0.05) is 18.7 Å². The van der Waals surface area contributed by atoms with E-state index in [0.29, 0.717) is 18.7 Å². The quantitative estimate of drug-likeness (QED) is 0.735. The summed E-state index contributed by atoms with van der Waals surface area (Å²) in [6, 6.07) is 1.18. The molecule has 1 fully saturated rings. The van der Waals surface area contributed by atoms with Crippen LogP contribution in [0.15, 0.2) is 0 Å². The lowest BCUT2D eigenvalue weighted by molar-refractivity contribution is 0.179. The van der Waals surface area contributed by atoms with Crippen LogP contribution in [0.4, 0.5) is 0 Å². The van der Waals surface area contributed by atoms with Crippen molar-refractivity contribution >= 4 is 0 Å². The Balaban J connectivity index is 2.40. The van der Waals surface area contributed by atoms with Gasteiger partial charge in [0.25, 0.3) is 0 Å². The Hall–Kier alpha value is -0.0800. The highest BCUT2D eigenvalue weighted by atomic mass is 16.3. The van der Waals surface area contributed by atoms with E-state index in [1.54, 1.807) is 0 Å². The molecule has 0 aliphatic heterocycles. The van der Waals surface area contributed by atoms with Gasteiger partial charge >= 0.3 is 0 Å². The summed E-state index contributed by atoms with van der Waals surface area (Å²) in [6.07, 6.45) is 6.08. The molecule has 0 amide bonds. The van der Waals surface area contributed by atoms with Gasteiger partial charge in [-0.3, -0.25) is 0 Å². The van der Waals surface area contributed by atoms with Gasteiger partial charge in [-0.05, 0) is 31.1 Å². The van der Waals surface area contributed by atoms with Crippen LogP contribution < -0.4 is 5.32 Å². The maximum absolute atomic E-state index is 8.98. The number of nitrogens with one attached hydrogen (secondary N) is 1. The highest BCUT2D eigenvalue weighted by molar-refractivity contribution is 4.84. The molecule has 0 spiro atoms. The molecule has 0 saturated heterocycles. The average molecular weight is 213 g/mol. The van der Waals surface area contributed by atoms with Gasteiger partial charge in [-0.1, -0.05) is 33.6 Å². The summed E-state index contributed by atoms with van der Waals surface area (Å²) in [5.41, 5.74) is 0. The van der Waals surface area contributed by atoms with E-state index in [1.165, 1.54) is 19.3 Å². The third-order valence-electron chi connectivity index (χ3n) is 4.13. The van der Waals surface area contributed by atoms with Gasteiger partial charge < -0.3 is 10.4 Å². The molecule has 0 heterocycles. The van der Waals surface area contributed by atoms with Crippen LogP contribution in [0.25, 0.3) is 0 Å². The summed E-state index contributed by atoms with van der Waals surface area (Å²) in [7, 11) is 0. The maximum Gasteiger partial charge on any atom is 0.0445 e. The molecule has 4 unspecified atom stereocenters. The standard InChI is InChI=1S/C13H27NO/c1-4-12(8-9-15)14-13-7-5-6-10(2)11(13)3/h10-15H,4-9H2,1-3H3. The Morgan fingerprint density at radius 1 is 1.33 bits per heavy atom. The first-order chi connectivity index (χ1) is 7.19. The van der Waals surface area contributed by atoms with Crippen LogP contribution in [0, 0.1) is 11.8 Å². The van der Waals surface area contributed by atoms with Crippen LogP contribution in [0.2, 0.25) is 0 Å². The van der Waals surface area contributed by atoms with E-state index in [4.69, 9.17) is 5.11 Å². The molecule has 15 heavy (non-hydrogen) atoms. The number of hydrogen-bond acceptors (Lipinski definition) is 2. The van der Waals surface area contributed by atoms with E-state index in [1.807, 2.05) is 0 Å². The summed E-state index contributed by atoms with van der Waals surface area (Å²) in [5.74, 6) is 1.63. The van der Waals surface area contributed by atoms with Gasteiger partial charge in [-0.25, -0.2) is 0 Å². The van der Waals surface area contributed by atoms with E-state index in [0.717, 1.165) is 24.7 Å². The summed E-state index contributed by atoms with van der Waals surface area (Å²) in [4.78, 5) is 0. The number of rotatable bonds is 5. The Morgan fingerprint density at radius 3 is 2.67 bits per heavy atom. The van der Waals surface area contributed by atoms with Gasteiger partial charge in [-0.15, -0.1) is 0 Å². The first-order valence-electron chi connectivity index (χ1n) is 6.56. The monoisotopic (exact) mass is 213 g/mol. The number of hydrogen-bond donors (Lipinski definition) is 2. The van der Waals surface area contributed by atoms with Crippen molar-refractivity contribution in [1.82, 2.24) is 5.32 Å². The minimum Gasteiger partial charge on any atom is -0.396 e. The lowest BCUT2D eigenvalue weighted by Crippen LogP contribution is -2.45. The minimum atomic E-state index is 0.308. The van der Waals surface area contributed by atoms with Crippen LogP contribution in [0.1, 0.15) is 52.9 Å². The Morgan fingerprint density at radius 2 is 2.07 bits per heavy atom. The smallest absolute Gasteiger partial charge is 0.0445 e. The normalized spacial score (nSPS) is 34.0. The third kappa shape index (κ3) is 3.76. The first kappa shape index (κ1) is 13.0. The zero-order chi connectivity index (χ0) is 11.3. The SMILES string of the molecule is CCC(CCO)NC1CCCC(C)C1C. The van der Waals surface area contributed by atoms with Crippen molar-refractivity contribution in [3.8, 4) is 0 Å². The van der Waals surface area contributed by atoms with Crippen LogP contribution in [0.3, 0.4) is 0 Å². The molecule has 4 atom stereocenters. The fraction of sp³-hybridized carbons (Fsp3) is 1.00. The van der Waals surface area contributed by atoms with Crippen LogP contribution in [-0.4, -0.2) is 23.8 Å². The number of aliphatic hydroxyl groups excluding tert-OH is 1. The second kappa shape index (κ2) is 6.49. The summed E-state index contributed by atoms with van der Waals surface area (Å²) < 4.78 is 0. The topological polar surface area (TPSA) is 32.3 Å². The molecule has 0 aromatic carbocycles. The summed E-state index contributed by atoms with van der Waals surface area (Å²) >= 11 is 0.